The molecule has 4 heterocycles. The van der Waals surface area contributed by atoms with Crippen LogP contribution in [-0.4, -0.2) is 49.8 Å². The number of pyridine rings is 1. The van der Waals surface area contributed by atoms with Crippen molar-refractivity contribution in [3.05, 3.63) is 80.6 Å². The molecule has 1 amide bonds. The summed E-state index contributed by atoms with van der Waals surface area (Å²) >= 11 is 6.75. The van der Waals surface area contributed by atoms with Crippen LogP contribution in [0.4, 0.5) is 5.82 Å². The van der Waals surface area contributed by atoms with Gasteiger partial charge in [-0.2, -0.15) is 0 Å². The van der Waals surface area contributed by atoms with Crippen LogP contribution >= 0.6 is 24.0 Å². The second-order valence-electron chi connectivity index (χ2n) is 8.95. The number of anilines is 1. The Hall–Kier alpha value is -3.01. The van der Waals surface area contributed by atoms with Gasteiger partial charge in [0.15, 0.2) is 0 Å². The SMILES string of the molecule is Cc1cccn2c(=O)c(/C=C3/SC(=S)N(Cc4ccccc4)C3=O)c(N3C[C@H](C)O[C@@H](C)C3)nc12. The highest BCUT2D eigenvalue weighted by Gasteiger charge is 2.33. The van der Waals surface area contributed by atoms with Crippen LogP contribution in [-0.2, 0) is 16.1 Å². The minimum Gasteiger partial charge on any atom is -0.372 e. The Morgan fingerprint density at radius 3 is 2.54 bits per heavy atom. The summed E-state index contributed by atoms with van der Waals surface area (Å²) in [5.74, 6) is 0.367. The minimum absolute atomic E-state index is 0.00666. The number of amides is 1. The summed E-state index contributed by atoms with van der Waals surface area (Å²) in [5, 5.41) is 0. The minimum atomic E-state index is -0.214. The highest BCUT2D eigenvalue weighted by Crippen LogP contribution is 2.35. The van der Waals surface area contributed by atoms with Gasteiger partial charge in [-0.05, 0) is 44.0 Å². The maximum Gasteiger partial charge on any atom is 0.267 e. The van der Waals surface area contributed by atoms with E-state index in [1.807, 2.05) is 63.2 Å². The summed E-state index contributed by atoms with van der Waals surface area (Å²) in [5.41, 5.74) is 2.67. The smallest absolute Gasteiger partial charge is 0.267 e. The van der Waals surface area contributed by atoms with E-state index in [-0.39, 0.29) is 23.7 Å². The van der Waals surface area contributed by atoms with Crippen LogP contribution in [0.3, 0.4) is 0 Å². The third kappa shape index (κ3) is 4.63. The van der Waals surface area contributed by atoms with Crippen molar-refractivity contribution in [1.82, 2.24) is 14.3 Å². The lowest BCUT2D eigenvalue weighted by atomic mass is 10.1. The van der Waals surface area contributed by atoms with E-state index in [2.05, 4.69) is 4.90 Å². The molecule has 2 aliphatic rings. The van der Waals surface area contributed by atoms with E-state index >= 15 is 0 Å². The van der Waals surface area contributed by atoms with Crippen LogP contribution in [0.15, 0.2) is 58.4 Å². The van der Waals surface area contributed by atoms with Crippen LogP contribution in [0.1, 0.15) is 30.5 Å². The molecule has 9 heteroatoms. The molecular weight excluding hydrogens is 480 g/mol. The lowest BCUT2D eigenvalue weighted by molar-refractivity contribution is -0.122. The molecule has 3 aromatic rings. The number of morpholine rings is 1. The van der Waals surface area contributed by atoms with Crippen LogP contribution in [0.2, 0.25) is 0 Å². The highest BCUT2D eigenvalue weighted by atomic mass is 32.2. The number of nitrogens with zero attached hydrogens (tertiary/aromatic N) is 4. The van der Waals surface area contributed by atoms with Gasteiger partial charge in [-0.25, -0.2) is 4.98 Å². The van der Waals surface area contributed by atoms with E-state index in [0.717, 1.165) is 11.1 Å². The monoisotopic (exact) mass is 506 g/mol. The molecule has 0 N–H and O–H groups in total. The molecule has 0 bridgehead atoms. The predicted octanol–water partition coefficient (Wildman–Crippen LogP) is 4.02. The molecule has 1 aromatic carbocycles. The number of ether oxygens (including phenoxy) is 1. The summed E-state index contributed by atoms with van der Waals surface area (Å²) in [6.45, 7) is 7.56. The predicted molar refractivity (Wildman–Crippen MR) is 144 cm³/mol. The maximum atomic E-state index is 13.7. The first-order valence-electron chi connectivity index (χ1n) is 11.5. The van der Waals surface area contributed by atoms with E-state index in [1.165, 1.54) is 11.8 Å². The number of thiocarbonyl (C=S) groups is 1. The van der Waals surface area contributed by atoms with Gasteiger partial charge in [0.2, 0.25) is 0 Å². The van der Waals surface area contributed by atoms with Gasteiger partial charge in [0, 0.05) is 19.3 Å². The van der Waals surface area contributed by atoms with Gasteiger partial charge in [-0.15, -0.1) is 0 Å². The van der Waals surface area contributed by atoms with Crippen LogP contribution in [0, 0.1) is 6.92 Å². The standard InChI is InChI=1S/C26H26N4O3S2/c1-16-8-7-11-29-22(16)27-23(28-13-17(2)33-18(3)14-28)20(24(29)31)12-21-25(32)30(26(34)35-21)15-19-9-5-4-6-10-19/h4-12,17-18H,13-15H2,1-3H3/b21-12+/t17-,18-/m0/s1. The van der Waals surface area contributed by atoms with E-state index in [1.54, 1.807) is 21.6 Å². The topological polar surface area (TPSA) is 67.2 Å². The fourth-order valence-corrected chi connectivity index (χ4v) is 5.79. The number of fused-ring (bicyclic) bond motifs is 1. The van der Waals surface area contributed by atoms with E-state index in [0.29, 0.717) is 45.9 Å². The molecule has 0 aliphatic carbocycles. The first kappa shape index (κ1) is 23.7. The summed E-state index contributed by atoms with van der Waals surface area (Å²) in [6.07, 6.45) is 3.36. The van der Waals surface area contributed by atoms with Crippen LogP contribution in [0.25, 0.3) is 11.7 Å². The van der Waals surface area contributed by atoms with E-state index < -0.39 is 0 Å². The molecule has 2 aromatic heterocycles. The number of hydrogen-bond donors (Lipinski definition) is 0. The summed E-state index contributed by atoms with van der Waals surface area (Å²) in [4.78, 5) is 36.1. The van der Waals surface area contributed by atoms with Crippen molar-refractivity contribution in [3.8, 4) is 0 Å². The number of aryl methyl sites for hydroxylation is 1. The first-order valence-corrected chi connectivity index (χ1v) is 12.8. The van der Waals surface area contributed by atoms with E-state index in [4.69, 9.17) is 21.9 Å². The third-order valence-electron chi connectivity index (χ3n) is 6.12. The zero-order chi connectivity index (χ0) is 24.7. The van der Waals surface area contributed by atoms with Gasteiger partial charge in [0.05, 0.1) is 29.2 Å². The Morgan fingerprint density at radius 2 is 1.83 bits per heavy atom. The number of carbonyl (C=O) groups is 1. The largest absolute Gasteiger partial charge is 0.372 e. The molecule has 0 spiro atoms. The summed E-state index contributed by atoms with van der Waals surface area (Å²) in [6, 6.07) is 13.5. The van der Waals surface area contributed by atoms with Crippen molar-refractivity contribution < 1.29 is 9.53 Å². The number of rotatable bonds is 4. The van der Waals surface area contributed by atoms with Crippen LogP contribution in [0.5, 0.6) is 0 Å². The van der Waals surface area contributed by atoms with Crippen molar-refractivity contribution in [2.75, 3.05) is 18.0 Å². The number of carbonyl (C=O) groups excluding carboxylic acids is 1. The Bertz CT molecular complexity index is 1390. The number of aromatic nitrogens is 2. The second kappa shape index (κ2) is 9.56. The first-order chi connectivity index (χ1) is 16.8. The molecule has 0 unspecified atom stereocenters. The van der Waals surface area contributed by atoms with Gasteiger partial charge >= 0.3 is 0 Å². The number of thioether (sulfide) groups is 1. The molecular formula is C26H26N4O3S2. The lowest BCUT2D eigenvalue weighted by Crippen LogP contribution is -2.46. The van der Waals surface area contributed by atoms with Crippen molar-refractivity contribution in [2.45, 2.75) is 39.5 Å². The molecule has 2 atom stereocenters. The Balaban J connectivity index is 1.60. The molecule has 35 heavy (non-hydrogen) atoms. The Kier molecular flexibility index (Phi) is 6.48. The summed E-state index contributed by atoms with van der Waals surface area (Å²) in [7, 11) is 0. The number of benzene rings is 1. The molecule has 2 saturated heterocycles. The zero-order valence-electron chi connectivity index (χ0n) is 19.8. The third-order valence-corrected chi connectivity index (χ3v) is 7.49. The quantitative estimate of drug-likeness (QED) is 0.391. The van der Waals surface area contributed by atoms with Gasteiger partial charge < -0.3 is 9.64 Å². The Morgan fingerprint density at radius 1 is 1.11 bits per heavy atom. The molecule has 7 nitrogen and oxygen atoms in total. The fourth-order valence-electron chi connectivity index (χ4n) is 4.55. The number of hydrogen-bond acceptors (Lipinski definition) is 7. The lowest BCUT2D eigenvalue weighted by Gasteiger charge is -2.36. The molecule has 0 saturated carbocycles. The second-order valence-corrected chi connectivity index (χ2v) is 10.6. The summed E-state index contributed by atoms with van der Waals surface area (Å²) < 4.78 is 7.93. The van der Waals surface area contributed by atoms with Crippen molar-refractivity contribution >= 4 is 51.7 Å². The molecule has 180 valence electrons. The van der Waals surface area contributed by atoms with Gasteiger partial charge in [0.25, 0.3) is 11.5 Å². The highest BCUT2D eigenvalue weighted by molar-refractivity contribution is 8.26. The molecule has 5 rings (SSSR count). The normalized spacial score (nSPS) is 22.0. The molecule has 0 radical (unpaired) electrons. The maximum absolute atomic E-state index is 13.7. The van der Waals surface area contributed by atoms with Gasteiger partial charge in [-0.3, -0.25) is 18.9 Å². The van der Waals surface area contributed by atoms with Crippen molar-refractivity contribution in [3.63, 3.8) is 0 Å². The zero-order valence-corrected chi connectivity index (χ0v) is 21.4. The fraction of sp³-hybridized carbons (Fsp3) is 0.308. The van der Waals surface area contributed by atoms with E-state index in [9.17, 15) is 9.59 Å². The van der Waals surface area contributed by atoms with Crippen molar-refractivity contribution in [1.29, 1.82) is 0 Å². The Labute approximate surface area is 213 Å². The van der Waals surface area contributed by atoms with Gasteiger partial charge in [-0.1, -0.05) is 60.4 Å². The van der Waals surface area contributed by atoms with Crippen molar-refractivity contribution in [2.24, 2.45) is 0 Å². The van der Waals surface area contributed by atoms with Crippen LogP contribution < -0.4 is 10.5 Å². The average Bonchev–Trinajstić information content (AvgIpc) is 3.08. The average molecular weight is 507 g/mol. The van der Waals surface area contributed by atoms with Gasteiger partial charge in [0.1, 0.15) is 15.8 Å². The molecule has 2 fully saturated rings. The molecule has 2 aliphatic heterocycles.